The fourth-order valence-electron chi connectivity index (χ4n) is 4.08. The number of hydrogen-bond donors (Lipinski definition) is 1. The van der Waals surface area contributed by atoms with Crippen LogP contribution in [-0.2, 0) is 26.2 Å². The smallest absolute Gasteiger partial charge is 0.264 e. The van der Waals surface area contributed by atoms with E-state index >= 15 is 0 Å². The molecule has 0 radical (unpaired) electrons. The van der Waals surface area contributed by atoms with Gasteiger partial charge in [0.05, 0.1) is 24.8 Å². The molecule has 3 aromatic rings. The average molecular weight is 588 g/mol. The van der Waals surface area contributed by atoms with Crippen molar-refractivity contribution in [2.24, 2.45) is 0 Å². The number of rotatable bonds is 12. The Kier molecular flexibility index (Phi) is 10.4. The predicted molar refractivity (Wildman–Crippen MR) is 155 cm³/mol. The number of carbonyl (C=O) groups excluding carboxylic acids is 2. The average Bonchev–Trinajstić information content (AvgIpc) is 2.94. The molecule has 3 rings (SSSR count). The van der Waals surface area contributed by atoms with Crippen LogP contribution >= 0.6 is 11.6 Å². The zero-order chi connectivity index (χ0) is 29.4. The minimum absolute atomic E-state index is 0.0101. The monoisotopic (exact) mass is 587 g/mol. The lowest BCUT2D eigenvalue weighted by molar-refractivity contribution is -0.139. The van der Waals surface area contributed by atoms with E-state index in [4.69, 9.17) is 21.1 Å². The predicted octanol–water partition coefficient (Wildman–Crippen LogP) is 4.41. The Labute approximate surface area is 240 Å². The van der Waals surface area contributed by atoms with Gasteiger partial charge in [-0.05, 0) is 68.8 Å². The van der Waals surface area contributed by atoms with E-state index in [1.54, 1.807) is 56.3 Å². The van der Waals surface area contributed by atoms with Gasteiger partial charge in [-0.15, -0.1) is 0 Å². The van der Waals surface area contributed by atoms with Crippen LogP contribution in [0.25, 0.3) is 0 Å². The van der Waals surface area contributed by atoms with E-state index in [1.165, 1.54) is 43.4 Å². The molecule has 0 saturated heterocycles. The van der Waals surface area contributed by atoms with Crippen molar-refractivity contribution in [3.63, 3.8) is 0 Å². The molecule has 1 N–H and O–H groups in total. The van der Waals surface area contributed by atoms with Crippen LogP contribution in [0.4, 0.5) is 5.69 Å². The third kappa shape index (κ3) is 7.25. The molecule has 11 heteroatoms. The number of nitrogens with one attached hydrogen (secondary N) is 1. The molecule has 1 atom stereocenters. The van der Waals surface area contributed by atoms with Gasteiger partial charge in [-0.2, -0.15) is 0 Å². The second kappa shape index (κ2) is 13.5. The summed E-state index contributed by atoms with van der Waals surface area (Å²) in [6.07, 6.45) is 0. The van der Waals surface area contributed by atoms with E-state index in [1.807, 2.05) is 6.92 Å². The fourth-order valence-corrected chi connectivity index (χ4v) is 5.66. The van der Waals surface area contributed by atoms with Gasteiger partial charge in [0.25, 0.3) is 10.0 Å². The maximum atomic E-state index is 14.0. The largest absolute Gasteiger partial charge is 0.497 e. The zero-order valence-electron chi connectivity index (χ0n) is 23.2. The molecule has 0 aliphatic rings. The summed E-state index contributed by atoms with van der Waals surface area (Å²) in [6, 6.07) is 17.0. The van der Waals surface area contributed by atoms with Crippen LogP contribution < -0.4 is 19.1 Å². The number of carbonyl (C=O) groups is 2. The molecule has 0 heterocycles. The number of likely N-dealkylation sites (N-methyl/N-ethyl adjacent to an activating group) is 1. The normalized spacial score (nSPS) is 11.8. The van der Waals surface area contributed by atoms with Gasteiger partial charge in [0.15, 0.2) is 0 Å². The topological polar surface area (TPSA) is 105 Å². The van der Waals surface area contributed by atoms with Crippen molar-refractivity contribution < 1.29 is 27.5 Å². The Bertz CT molecular complexity index is 1450. The standard InChI is InChI=1S/C29H34ClN3O6S/c1-6-31-29(35)21(3)32(18-22-8-7-9-24(16-22)38-4)28(34)19-33(26-17-23(30)12-15-27(26)39-5)40(36,37)25-13-10-20(2)11-14-25/h7-17,21H,6,18-19H2,1-5H3,(H,31,35)/t21-/m0/s1. The van der Waals surface area contributed by atoms with Crippen molar-refractivity contribution >= 4 is 39.1 Å². The van der Waals surface area contributed by atoms with E-state index in [2.05, 4.69) is 5.32 Å². The lowest BCUT2D eigenvalue weighted by Crippen LogP contribution is -2.51. The summed E-state index contributed by atoms with van der Waals surface area (Å²) in [6.45, 7) is 5.02. The third-order valence-electron chi connectivity index (χ3n) is 6.30. The highest BCUT2D eigenvalue weighted by Gasteiger charge is 2.34. The summed E-state index contributed by atoms with van der Waals surface area (Å²) < 4.78 is 39.7. The number of halogens is 1. The lowest BCUT2D eigenvalue weighted by Gasteiger charge is -2.32. The van der Waals surface area contributed by atoms with Crippen LogP contribution in [0.2, 0.25) is 5.02 Å². The molecule has 40 heavy (non-hydrogen) atoms. The van der Waals surface area contributed by atoms with E-state index in [-0.39, 0.29) is 33.8 Å². The number of amides is 2. The van der Waals surface area contributed by atoms with Gasteiger partial charge < -0.3 is 19.7 Å². The number of sulfonamides is 1. The van der Waals surface area contributed by atoms with Crippen molar-refractivity contribution in [2.45, 2.75) is 38.3 Å². The SMILES string of the molecule is CCNC(=O)[C@H](C)N(Cc1cccc(OC)c1)C(=O)CN(c1cc(Cl)ccc1OC)S(=O)(=O)c1ccc(C)cc1. The van der Waals surface area contributed by atoms with Gasteiger partial charge >= 0.3 is 0 Å². The highest BCUT2D eigenvalue weighted by molar-refractivity contribution is 7.92. The highest BCUT2D eigenvalue weighted by atomic mass is 35.5. The molecule has 0 aliphatic heterocycles. The van der Waals surface area contributed by atoms with Crippen LogP contribution in [0.3, 0.4) is 0 Å². The maximum absolute atomic E-state index is 14.0. The molecule has 2 amide bonds. The Morgan fingerprint density at radius 3 is 2.33 bits per heavy atom. The summed E-state index contributed by atoms with van der Waals surface area (Å²) in [7, 11) is -1.33. The van der Waals surface area contributed by atoms with Gasteiger partial charge in [-0.3, -0.25) is 13.9 Å². The number of methoxy groups -OCH3 is 2. The Morgan fingerprint density at radius 1 is 1.00 bits per heavy atom. The molecule has 9 nitrogen and oxygen atoms in total. The number of hydrogen-bond acceptors (Lipinski definition) is 6. The van der Waals surface area contributed by atoms with E-state index in [9.17, 15) is 18.0 Å². The van der Waals surface area contributed by atoms with Gasteiger partial charge in [-0.25, -0.2) is 8.42 Å². The molecule has 214 valence electrons. The molecule has 0 unspecified atom stereocenters. The van der Waals surface area contributed by atoms with Crippen LogP contribution in [-0.4, -0.2) is 58.5 Å². The van der Waals surface area contributed by atoms with Gasteiger partial charge in [0.2, 0.25) is 11.8 Å². The molecule has 3 aromatic carbocycles. The summed E-state index contributed by atoms with van der Waals surface area (Å²) in [5, 5.41) is 2.99. The van der Waals surface area contributed by atoms with Crippen LogP contribution in [0, 0.1) is 6.92 Å². The molecule has 0 saturated carbocycles. The molecule has 0 aromatic heterocycles. The van der Waals surface area contributed by atoms with Crippen molar-refractivity contribution in [2.75, 3.05) is 31.6 Å². The van der Waals surface area contributed by atoms with E-state index in [0.29, 0.717) is 17.9 Å². The van der Waals surface area contributed by atoms with Crippen molar-refractivity contribution in [1.82, 2.24) is 10.2 Å². The van der Waals surface area contributed by atoms with Crippen LogP contribution in [0.15, 0.2) is 71.6 Å². The number of nitrogens with zero attached hydrogens (tertiary/aromatic N) is 2. The number of ether oxygens (including phenoxy) is 2. The molecular weight excluding hydrogens is 554 g/mol. The highest BCUT2D eigenvalue weighted by Crippen LogP contribution is 2.35. The van der Waals surface area contributed by atoms with Gasteiger partial charge in [-0.1, -0.05) is 41.4 Å². The molecule has 0 fully saturated rings. The summed E-state index contributed by atoms with van der Waals surface area (Å²) in [5.74, 6) is -0.168. The zero-order valence-corrected chi connectivity index (χ0v) is 24.8. The van der Waals surface area contributed by atoms with Crippen molar-refractivity contribution in [3.8, 4) is 11.5 Å². The minimum Gasteiger partial charge on any atom is -0.497 e. The summed E-state index contributed by atoms with van der Waals surface area (Å²) in [4.78, 5) is 28.2. The number of benzene rings is 3. The Hall–Kier alpha value is -3.76. The first-order valence-corrected chi connectivity index (χ1v) is 14.5. The second-order valence-electron chi connectivity index (χ2n) is 9.08. The first kappa shape index (κ1) is 30.8. The molecule has 0 aliphatic carbocycles. The molecule has 0 spiro atoms. The van der Waals surface area contributed by atoms with E-state index < -0.39 is 28.5 Å². The Balaban J connectivity index is 2.10. The van der Waals surface area contributed by atoms with E-state index in [0.717, 1.165) is 9.87 Å². The third-order valence-corrected chi connectivity index (χ3v) is 8.31. The van der Waals surface area contributed by atoms with Crippen LogP contribution in [0.1, 0.15) is 25.0 Å². The second-order valence-corrected chi connectivity index (χ2v) is 11.4. The number of anilines is 1. The maximum Gasteiger partial charge on any atom is 0.264 e. The molecule has 0 bridgehead atoms. The van der Waals surface area contributed by atoms with Crippen molar-refractivity contribution in [1.29, 1.82) is 0 Å². The quantitative estimate of drug-likeness (QED) is 0.336. The number of aryl methyl sites for hydroxylation is 1. The minimum atomic E-state index is -4.26. The van der Waals surface area contributed by atoms with Gasteiger partial charge in [0.1, 0.15) is 24.1 Å². The van der Waals surface area contributed by atoms with Gasteiger partial charge in [0, 0.05) is 18.1 Å². The lowest BCUT2D eigenvalue weighted by atomic mass is 10.1. The molecular formula is C29H34ClN3O6S. The summed E-state index contributed by atoms with van der Waals surface area (Å²) in [5.41, 5.74) is 1.68. The van der Waals surface area contributed by atoms with Crippen LogP contribution in [0.5, 0.6) is 11.5 Å². The first-order chi connectivity index (χ1) is 19.0. The summed E-state index contributed by atoms with van der Waals surface area (Å²) >= 11 is 6.26. The van der Waals surface area contributed by atoms with Crippen molar-refractivity contribution in [3.05, 3.63) is 82.9 Å². The first-order valence-electron chi connectivity index (χ1n) is 12.6. The fraction of sp³-hybridized carbons (Fsp3) is 0.310. The Morgan fingerprint density at radius 2 is 1.70 bits per heavy atom.